The first kappa shape index (κ1) is 13.2. The average Bonchev–Trinajstić information content (AvgIpc) is 2.57. The van der Waals surface area contributed by atoms with Gasteiger partial charge in [-0.05, 0) is 36.7 Å². The number of esters is 1. The summed E-state index contributed by atoms with van der Waals surface area (Å²) in [7, 11) is 0. The van der Waals surface area contributed by atoms with Crippen LogP contribution in [0.5, 0.6) is 0 Å². The summed E-state index contributed by atoms with van der Waals surface area (Å²) in [6, 6.07) is 0. The first-order valence-corrected chi connectivity index (χ1v) is 5.87. The highest BCUT2D eigenvalue weighted by Crippen LogP contribution is 2.20. The van der Waals surface area contributed by atoms with Crippen molar-refractivity contribution in [1.82, 2.24) is 10.2 Å². The Morgan fingerprint density at radius 2 is 2.25 bits per heavy atom. The van der Waals surface area contributed by atoms with Crippen molar-refractivity contribution < 1.29 is 14.3 Å². The third-order valence-electron chi connectivity index (χ3n) is 1.81. The lowest BCUT2D eigenvalue weighted by molar-refractivity contribution is 0.0518. The molecule has 0 spiro atoms. The topological polar surface area (TPSA) is 64.2 Å². The van der Waals surface area contributed by atoms with E-state index in [2.05, 4.69) is 26.1 Å². The number of hydrogen-bond acceptors (Lipinski definition) is 4. The maximum Gasteiger partial charge on any atom is 0.360 e. The van der Waals surface area contributed by atoms with Crippen molar-refractivity contribution in [3.05, 3.63) is 15.9 Å². The molecule has 0 saturated carbocycles. The molecule has 1 aromatic heterocycles. The average molecular weight is 291 g/mol. The zero-order valence-corrected chi connectivity index (χ0v) is 11.1. The third kappa shape index (κ3) is 3.31. The fourth-order valence-electron chi connectivity index (χ4n) is 1.04. The maximum atomic E-state index is 11.4. The lowest BCUT2D eigenvalue weighted by atomic mass is 10.3. The normalized spacial score (nSPS) is 10.8. The first-order valence-electron chi connectivity index (χ1n) is 5.07. The summed E-state index contributed by atoms with van der Waals surface area (Å²) < 4.78 is 10.9. The summed E-state index contributed by atoms with van der Waals surface area (Å²) in [4.78, 5) is 11.4. The van der Waals surface area contributed by atoms with Crippen LogP contribution in [0.1, 0.15) is 37.0 Å². The Bertz CT molecular complexity index is 363. The van der Waals surface area contributed by atoms with Gasteiger partial charge in [-0.25, -0.2) is 4.79 Å². The molecule has 1 aromatic rings. The van der Waals surface area contributed by atoms with Crippen molar-refractivity contribution in [3.8, 4) is 0 Å². The van der Waals surface area contributed by atoms with Crippen molar-refractivity contribution in [2.75, 3.05) is 6.61 Å². The van der Waals surface area contributed by atoms with Crippen molar-refractivity contribution in [2.24, 2.45) is 0 Å². The molecule has 0 aliphatic carbocycles. The number of aromatic nitrogens is 2. The largest absolute Gasteiger partial charge is 0.461 e. The van der Waals surface area contributed by atoms with E-state index in [9.17, 15) is 4.79 Å². The van der Waals surface area contributed by atoms with Crippen molar-refractivity contribution in [3.63, 3.8) is 0 Å². The molecule has 90 valence electrons. The van der Waals surface area contributed by atoms with E-state index in [1.165, 1.54) is 0 Å². The molecule has 0 amide bonds. The van der Waals surface area contributed by atoms with Gasteiger partial charge in [0.2, 0.25) is 0 Å². The van der Waals surface area contributed by atoms with Crippen LogP contribution in [0.25, 0.3) is 0 Å². The lowest BCUT2D eigenvalue weighted by Gasteiger charge is -2.05. The maximum absolute atomic E-state index is 11.4. The molecule has 0 fully saturated rings. The summed E-state index contributed by atoms with van der Waals surface area (Å²) in [6.45, 7) is 6.34. The van der Waals surface area contributed by atoms with E-state index >= 15 is 0 Å². The summed E-state index contributed by atoms with van der Waals surface area (Å²) >= 11 is 3.30. The minimum atomic E-state index is -0.443. The fourth-order valence-corrected chi connectivity index (χ4v) is 1.50. The number of halogens is 1. The van der Waals surface area contributed by atoms with E-state index < -0.39 is 5.97 Å². The second-order valence-electron chi connectivity index (χ2n) is 3.44. The molecule has 1 N–H and O–H groups in total. The molecule has 0 aromatic carbocycles. The zero-order valence-electron chi connectivity index (χ0n) is 9.54. The Kier molecular flexibility index (Phi) is 4.95. The first-order chi connectivity index (χ1) is 7.56. The van der Waals surface area contributed by atoms with E-state index in [0.29, 0.717) is 17.7 Å². The van der Waals surface area contributed by atoms with Crippen molar-refractivity contribution in [2.45, 2.75) is 33.5 Å². The number of carbonyl (C=O) groups is 1. The monoisotopic (exact) mass is 290 g/mol. The molecule has 0 aliphatic heterocycles. The number of carbonyl (C=O) groups excluding carboxylic acids is 1. The van der Waals surface area contributed by atoms with Crippen LogP contribution in [0, 0.1) is 0 Å². The molecule has 5 nitrogen and oxygen atoms in total. The van der Waals surface area contributed by atoms with Crippen LogP contribution in [0.2, 0.25) is 0 Å². The van der Waals surface area contributed by atoms with Crippen molar-refractivity contribution >= 4 is 21.9 Å². The van der Waals surface area contributed by atoms with Crippen LogP contribution in [0.15, 0.2) is 4.47 Å². The van der Waals surface area contributed by atoms with Gasteiger partial charge in [0.25, 0.3) is 0 Å². The Balaban J connectivity index is 2.72. The molecule has 6 heteroatoms. The minimum Gasteiger partial charge on any atom is -0.461 e. The number of H-pyrrole nitrogens is 1. The minimum absolute atomic E-state index is 0.126. The summed E-state index contributed by atoms with van der Waals surface area (Å²) in [6.07, 6.45) is 0.126. The van der Waals surface area contributed by atoms with Crippen LogP contribution in [0.3, 0.4) is 0 Å². The smallest absolute Gasteiger partial charge is 0.360 e. The third-order valence-corrected chi connectivity index (χ3v) is 2.66. The molecule has 0 unspecified atom stereocenters. The van der Waals surface area contributed by atoms with Crippen LogP contribution in [-0.4, -0.2) is 28.9 Å². The van der Waals surface area contributed by atoms with Crippen molar-refractivity contribution in [1.29, 1.82) is 0 Å². The van der Waals surface area contributed by atoms with Gasteiger partial charge in [-0.2, -0.15) is 5.10 Å². The van der Waals surface area contributed by atoms with Crippen LogP contribution < -0.4 is 0 Å². The number of rotatable bonds is 5. The quantitative estimate of drug-likeness (QED) is 0.845. The highest BCUT2D eigenvalue weighted by atomic mass is 79.9. The molecule has 0 saturated heterocycles. The van der Waals surface area contributed by atoms with Gasteiger partial charge in [-0.15, -0.1) is 0 Å². The number of nitrogens with zero attached hydrogens (tertiary/aromatic N) is 1. The van der Waals surface area contributed by atoms with Gasteiger partial charge >= 0.3 is 5.97 Å². The second-order valence-corrected chi connectivity index (χ2v) is 4.24. The lowest BCUT2D eigenvalue weighted by Crippen LogP contribution is -2.06. The molecule has 1 rings (SSSR count). The van der Waals surface area contributed by atoms with Gasteiger partial charge in [0.15, 0.2) is 5.69 Å². The van der Waals surface area contributed by atoms with Gasteiger partial charge in [0.05, 0.1) is 29.5 Å². The summed E-state index contributed by atoms with van der Waals surface area (Å²) in [5, 5.41) is 6.63. The predicted octanol–water partition coefficient (Wildman–Crippen LogP) is 2.27. The fraction of sp³-hybridized carbons (Fsp3) is 0.600. The Morgan fingerprint density at radius 3 is 2.81 bits per heavy atom. The Morgan fingerprint density at radius 1 is 1.56 bits per heavy atom. The highest BCUT2D eigenvalue weighted by molar-refractivity contribution is 9.10. The van der Waals surface area contributed by atoms with E-state index in [0.717, 1.165) is 5.69 Å². The number of aromatic amines is 1. The molecule has 1 heterocycles. The van der Waals surface area contributed by atoms with Crippen LogP contribution >= 0.6 is 15.9 Å². The number of hydrogen-bond donors (Lipinski definition) is 1. The molecular weight excluding hydrogens is 276 g/mol. The summed E-state index contributed by atoms with van der Waals surface area (Å²) in [5.74, 6) is -0.443. The molecule has 0 atom stereocenters. The van der Waals surface area contributed by atoms with E-state index in [-0.39, 0.29) is 11.8 Å². The van der Waals surface area contributed by atoms with Crippen LogP contribution in [0.4, 0.5) is 0 Å². The highest BCUT2D eigenvalue weighted by Gasteiger charge is 2.18. The van der Waals surface area contributed by atoms with E-state index in [4.69, 9.17) is 9.47 Å². The van der Waals surface area contributed by atoms with Crippen LogP contribution in [-0.2, 0) is 16.1 Å². The van der Waals surface area contributed by atoms with E-state index in [1.807, 2.05) is 13.8 Å². The molecule has 0 aliphatic rings. The van der Waals surface area contributed by atoms with Gasteiger partial charge in [-0.3, -0.25) is 5.10 Å². The second kappa shape index (κ2) is 6.00. The van der Waals surface area contributed by atoms with E-state index in [1.54, 1.807) is 6.92 Å². The summed E-state index contributed by atoms with van der Waals surface area (Å²) in [5.41, 5.74) is 0.987. The standard InChI is InChI=1S/C10H15BrN2O3/c1-4-15-10(14)9-8(11)7(12-13-9)5-16-6(2)3/h6H,4-5H2,1-3H3,(H,12,13). The SMILES string of the molecule is CCOC(=O)c1n[nH]c(COC(C)C)c1Br. The number of nitrogens with one attached hydrogen (secondary N) is 1. The molecule has 0 radical (unpaired) electrons. The predicted molar refractivity (Wildman–Crippen MR) is 62.2 cm³/mol. The Hall–Kier alpha value is -0.880. The number of ether oxygens (including phenoxy) is 2. The van der Waals surface area contributed by atoms with Gasteiger partial charge < -0.3 is 9.47 Å². The molecule has 16 heavy (non-hydrogen) atoms. The van der Waals surface area contributed by atoms with Gasteiger partial charge in [0, 0.05) is 0 Å². The molecule has 0 bridgehead atoms. The van der Waals surface area contributed by atoms with Gasteiger partial charge in [0.1, 0.15) is 0 Å². The Labute approximate surface area is 103 Å². The zero-order chi connectivity index (χ0) is 12.1. The molecular formula is C10H15BrN2O3. The van der Waals surface area contributed by atoms with Gasteiger partial charge in [-0.1, -0.05) is 0 Å².